The van der Waals surface area contributed by atoms with Crippen molar-refractivity contribution in [2.75, 3.05) is 0 Å². The van der Waals surface area contributed by atoms with Crippen molar-refractivity contribution >= 4 is 8.32 Å². The molecule has 7 heteroatoms. The largest absolute Gasteiger partial charge is 0.416 e. The van der Waals surface area contributed by atoms with Crippen LogP contribution < -0.4 is 0 Å². The van der Waals surface area contributed by atoms with Gasteiger partial charge in [0.25, 0.3) is 0 Å². The highest BCUT2D eigenvalue weighted by Crippen LogP contribution is 2.56. The highest BCUT2D eigenvalue weighted by Gasteiger charge is 2.50. The molecule has 2 atom stereocenters. The lowest BCUT2D eigenvalue weighted by Gasteiger charge is -2.45. The molecule has 0 N–H and O–H groups in total. The van der Waals surface area contributed by atoms with Crippen LogP contribution in [0.2, 0.25) is 18.1 Å². The van der Waals surface area contributed by atoms with E-state index in [4.69, 9.17) is 14.1 Å². The summed E-state index contributed by atoms with van der Waals surface area (Å²) in [5, 5.41) is 0.0536. The maximum absolute atomic E-state index is 13.3. The molecule has 1 aromatic heterocycles. The summed E-state index contributed by atoms with van der Waals surface area (Å²) in [4.78, 5) is 5.30. The third-order valence-corrected chi connectivity index (χ3v) is 13.2. The standard InChI is InChI=1S/C31H44F3NO2Si/c1-18(2)26-24-25(30(8,9)36-27(24)19-12-14-20(15-13-19)31(32,33)34)23-21(35-26)16-29(6,7)17-22(23)37-38(10,11)28(3,4)5/h12-15,18,22,27H,16-17H2,1-11H3. The van der Waals surface area contributed by atoms with Gasteiger partial charge in [-0.05, 0) is 79.4 Å². The highest BCUT2D eigenvalue weighted by molar-refractivity contribution is 6.74. The number of benzene rings is 1. The van der Waals surface area contributed by atoms with Crippen LogP contribution in [0.5, 0.6) is 0 Å². The Balaban J connectivity index is 1.95. The molecule has 4 rings (SSSR count). The van der Waals surface area contributed by atoms with E-state index in [-0.39, 0.29) is 22.5 Å². The normalized spacial score (nSPS) is 22.9. The smallest absolute Gasteiger partial charge is 0.410 e. The van der Waals surface area contributed by atoms with Gasteiger partial charge in [-0.25, -0.2) is 0 Å². The first-order valence-electron chi connectivity index (χ1n) is 13.7. The Kier molecular flexibility index (Phi) is 7.06. The van der Waals surface area contributed by atoms with Gasteiger partial charge in [0, 0.05) is 22.5 Å². The van der Waals surface area contributed by atoms with Gasteiger partial charge in [-0.2, -0.15) is 13.2 Å². The zero-order valence-electron chi connectivity index (χ0n) is 24.9. The van der Waals surface area contributed by atoms with E-state index in [1.54, 1.807) is 12.1 Å². The predicted molar refractivity (Wildman–Crippen MR) is 149 cm³/mol. The second-order valence-corrected chi connectivity index (χ2v) is 19.1. The van der Waals surface area contributed by atoms with Gasteiger partial charge >= 0.3 is 6.18 Å². The lowest BCUT2D eigenvalue weighted by Crippen LogP contribution is -2.44. The number of nitrogens with zero attached hydrogens (tertiary/aromatic N) is 1. The lowest BCUT2D eigenvalue weighted by molar-refractivity contribution is -0.137. The third-order valence-electron chi connectivity index (χ3n) is 8.69. The molecule has 0 saturated heterocycles. The molecule has 2 aromatic rings. The second-order valence-electron chi connectivity index (χ2n) is 14.3. The van der Waals surface area contributed by atoms with E-state index in [1.165, 1.54) is 0 Å². The molecule has 0 saturated carbocycles. The number of fused-ring (bicyclic) bond motifs is 3. The van der Waals surface area contributed by atoms with Gasteiger partial charge in [-0.15, -0.1) is 0 Å². The number of hydrogen-bond acceptors (Lipinski definition) is 3. The van der Waals surface area contributed by atoms with E-state index in [0.29, 0.717) is 5.56 Å². The van der Waals surface area contributed by atoms with Gasteiger partial charge < -0.3 is 9.16 Å². The fraction of sp³-hybridized carbons (Fsp3) is 0.645. The monoisotopic (exact) mass is 547 g/mol. The van der Waals surface area contributed by atoms with Crippen LogP contribution in [0.3, 0.4) is 0 Å². The molecular formula is C31H44F3NO2Si. The average Bonchev–Trinajstić information content (AvgIpc) is 3.02. The van der Waals surface area contributed by atoms with Crippen LogP contribution in [0.25, 0.3) is 0 Å². The first-order chi connectivity index (χ1) is 17.1. The number of ether oxygens (including phenoxy) is 1. The Morgan fingerprint density at radius 1 is 1.00 bits per heavy atom. The van der Waals surface area contributed by atoms with Crippen LogP contribution in [0, 0.1) is 5.41 Å². The molecule has 0 amide bonds. The summed E-state index contributed by atoms with van der Waals surface area (Å²) in [5.41, 5.74) is 4.77. The Morgan fingerprint density at radius 3 is 2.08 bits per heavy atom. The van der Waals surface area contributed by atoms with Crippen molar-refractivity contribution in [2.24, 2.45) is 5.41 Å². The summed E-state index contributed by atoms with van der Waals surface area (Å²) in [6.45, 7) is 24.3. The lowest BCUT2D eigenvalue weighted by atomic mass is 9.71. The minimum atomic E-state index is -4.38. The average molecular weight is 548 g/mol. The first-order valence-corrected chi connectivity index (χ1v) is 16.7. The summed E-state index contributed by atoms with van der Waals surface area (Å²) in [6.07, 6.45) is -3.22. The molecule has 38 heavy (non-hydrogen) atoms. The minimum absolute atomic E-state index is 0.0337. The molecule has 0 radical (unpaired) electrons. The van der Waals surface area contributed by atoms with Crippen molar-refractivity contribution in [3.8, 4) is 0 Å². The predicted octanol–water partition coefficient (Wildman–Crippen LogP) is 9.61. The molecule has 1 aliphatic heterocycles. The minimum Gasteiger partial charge on any atom is -0.410 e. The molecule has 2 aliphatic rings. The second kappa shape index (κ2) is 9.17. The molecule has 0 fully saturated rings. The number of hydrogen-bond donors (Lipinski definition) is 0. The van der Waals surface area contributed by atoms with Gasteiger partial charge in [-0.3, -0.25) is 4.98 Å². The van der Waals surface area contributed by atoms with Crippen LogP contribution in [0.4, 0.5) is 13.2 Å². The summed E-state index contributed by atoms with van der Waals surface area (Å²) < 4.78 is 53.7. The molecule has 1 aliphatic carbocycles. The Labute approximate surface area is 227 Å². The maximum Gasteiger partial charge on any atom is 0.416 e. The number of halogens is 3. The summed E-state index contributed by atoms with van der Waals surface area (Å²) in [6, 6.07) is 5.40. The highest BCUT2D eigenvalue weighted by atomic mass is 28.4. The molecule has 0 bridgehead atoms. The Bertz CT molecular complexity index is 1210. The van der Waals surface area contributed by atoms with E-state index in [1.807, 2.05) is 0 Å². The Morgan fingerprint density at radius 2 is 1.58 bits per heavy atom. The number of pyridine rings is 1. The van der Waals surface area contributed by atoms with Crippen molar-refractivity contribution in [1.82, 2.24) is 4.98 Å². The zero-order chi connectivity index (χ0) is 28.6. The van der Waals surface area contributed by atoms with Gasteiger partial charge in [0.1, 0.15) is 6.10 Å². The summed E-state index contributed by atoms with van der Waals surface area (Å²) in [5.74, 6) is 0.133. The summed E-state index contributed by atoms with van der Waals surface area (Å²) in [7, 11) is -2.12. The van der Waals surface area contributed by atoms with Crippen LogP contribution in [0.15, 0.2) is 24.3 Å². The van der Waals surface area contributed by atoms with E-state index < -0.39 is 31.8 Å². The fourth-order valence-electron chi connectivity index (χ4n) is 5.78. The molecule has 2 unspecified atom stereocenters. The number of rotatable bonds is 4. The topological polar surface area (TPSA) is 31.4 Å². The van der Waals surface area contributed by atoms with Gasteiger partial charge in [-0.1, -0.05) is 60.6 Å². The molecule has 3 nitrogen and oxygen atoms in total. The zero-order valence-corrected chi connectivity index (χ0v) is 25.9. The number of alkyl halides is 3. The van der Waals surface area contributed by atoms with Gasteiger partial charge in [0.05, 0.1) is 17.3 Å². The fourth-order valence-corrected chi connectivity index (χ4v) is 7.04. The molecular weight excluding hydrogens is 503 g/mol. The first kappa shape index (κ1) is 29.3. The Hall–Kier alpha value is -1.70. The van der Waals surface area contributed by atoms with Crippen LogP contribution >= 0.6 is 0 Å². The van der Waals surface area contributed by atoms with Gasteiger partial charge in [0.2, 0.25) is 0 Å². The maximum atomic E-state index is 13.3. The molecule has 1 aromatic carbocycles. The van der Waals surface area contributed by atoms with E-state index in [9.17, 15) is 13.2 Å². The van der Waals surface area contributed by atoms with Gasteiger partial charge in [0.15, 0.2) is 8.32 Å². The molecule has 0 spiro atoms. The third kappa shape index (κ3) is 5.23. The van der Waals surface area contributed by atoms with E-state index in [0.717, 1.165) is 53.1 Å². The van der Waals surface area contributed by atoms with Crippen molar-refractivity contribution in [3.05, 3.63) is 63.5 Å². The van der Waals surface area contributed by atoms with Crippen molar-refractivity contribution in [1.29, 1.82) is 0 Å². The van der Waals surface area contributed by atoms with Crippen molar-refractivity contribution in [3.63, 3.8) is 0 Å². The van der Waals surface area contributed by atoms with E-state index >= 15 is 0 Å². The van der Waals surface area contributed by atoms with Crippen LogP contribution in [-0.4, -0.2) is 13.3 Å². The van der Waals surface area contributed by atoms with Crippen LogP contribution in [0.1, 0.15) is 126 Å². The van der Waals surface area contributed by atoms with Crippen LogP contribution in [-0.2, 0) is 27.4 Å². The summed E-state index contributed by atoms with van der Waals surface area (Å²) >= 11 is 0. The van der Waals surface area contributed by atoms with E-state index in [2.05, 4.69) is 75.4 Å². The van der Waals surface area contributed by atoms with Crippen molar-refractivity contribution < 1.29 is 22.3 Å². The molecule has 210 valence electrons. The SMILES string of the molecule is CC(C)c1nc2c(c3c1C(c1ccc(C(F)(F)F)cc1)OC3(C)C)C(O[Si](C)(C)C(C)(C)C)CC(C)(C)C2. The van der Waals surface area contributed by atoms with Crippen molar-refractivity contribution in [2.45, 2.75) is 123 Å². The molecule has 2 heterocycles. The quantitative estimate of drug-likeness (QED) is 0.357. The number of aromatic nitrogens is 1.